The van der Waals surface area contributed by atoms with E-state index in [2.05, 4.69) is 24.0 Å². The van der Waals surface area contributed by atoms with Gasteiger partial charge in [-0.25, -0.2) is 0 Å². The van der Waals surface area contributed by atoms with E-state index in [1.807, 2.05) is 47.3 Å². The molecule has 0 N–H and O–H groups in total. The molecule has 0 aromatic heterocycles. The van der Waals surface area contributed by atoms with Gasteiger partial charge in [0, 0.05) is 24.4 Å². The summed E-state index contributed by atoms with van der Waals surface area (Å²) in [5.41, 5.74) is 3.20. The highest BCUT2D eigenvalue weighted by Crippen LogP contribution is 2.18. The molecule has 0 atom stereocenters. The van der Waals surface area contributed by atoms with Crippen molar-refractivity contribution in [2.75, 3.05) is 18.2 Å². The molecule has 2 aromatic rings. The lowest BCUT2D eigenvalue weighted by atomic mass is 10.1. The number of nitro groups is 1. The summed E-state index contributed by atoms with van der Waals surface area (Å²) in [7, 11) is 0. The Labute approximate surface area is 149 Å². The average Bonchev–Trinajstić information content (AvgIpc) is 2.59. The summed E-state index contributed by atoms with van der Waals surface area (Å²) < 4.78 is 5.15. The quantitative estimate of drug-likeness (QED) is 0.208. The summed E-state index contributed by atoms with van der Waals surface area (Å²) in [6.07, 6.45) is 3.92. The van der Waals surface area contributed by atoms with Gasteiger partial charge in [0.1, 0.15) is 29.7 Å². The van der Waals surface area contributed by atoms with Crippen LogP contribution in [0.3, 0.4) is 0 Å². The Balaban J connectivity index is 2.06. The first-order valence-electron chi connectivity index (χ1n) is 7.15. The number of nitro benzene ring substituents is 1. The van der Waals surface area contributed by atoms with Crippen molar-refractivity contribution in [3.05, 3.63) is 69.8 Å². The molecule has 0 unspecified atom stereocenters. The normalized spacial score (nSPS) is 10.9. The SMILES string of the molecule is CCN(COI)c1ccc(/C=C\c2ccc([N+](=O)[O-])cc2)cc1. The highest BCUT2D eigenvalue weighted by atomic mass is 127. The van der Waals surface area contributed by atoms with Crippen molar-refractivity contribution in [1.82, 2.24) is 0 Å². The molecule has 0 saturated heterocycles. The fourth-order valence-corrected chi connectivity index (χ4v) is 2.44. The van der Waals surface area contributed by atoms with Gasteiger partial charge >= 0.3 is 0 Å². The molecule has 2 aromatic carbocycles. The fraction of sp³-hybridized carbons (Fsp3) is 0.176. The van der Waals surface area contributed by atoms with Gasteiger partial charge in [-0.2, -0.15) is 0 Å². The first-order chi connectivity index (χ1) is 11.1. The molecule has 0 spiro atoms. The van der Waals surface area contributed by atoms with Gasteiger partial charge in [0.25, 0.3) is 5.69 Å². The first-order valence-corrected chi connectivity index (χ1v) is 8.03. The van der Waals surface area contributed by atoms with Gasteiger partial charge in [-0.1, -0.05) is 24.3 Å². The summed E-state index contributed by atoms with van der Waals surface area (Å²) >= 11 is 1.89. The molecule has 0 aliphatic heterocycles. The molecular weight excluding hydrogens is 407 g/mol. The molecule has 23 heavy (non-hydrogen) atoms. The van der Waals surface area contributed by atoms with Gasteiger partial charge in [-0.05, 0) is 42.3 Å². The Morgan fingerprint density at radius 3 is 2.04 bits per heavy atom. The molecule has 0 aliphatic carbocycles. The van der Waals surface area contributed by atoms with Crippen LogP contribution in [0.5, 0.6) is 0 Å². The lowest BCUT2D eigenvalue weighted by molar-refractivity contribution is -0.384. The lowest BCUT2D eigenvalue weighted by Crippen LogP contribution is -2.23. The van der Waals surface area contributed by atoms with Crippen molar-refractivity contribution in [1.29, 1.82) is 0 Å². The molecule has 0 heterocycles. The number of anilines is 1. The zero-order valence-corrected chi connectivity index (χ0v) is 14.8. The summed E-state index contributed by atoms with van der Waals surface area (Å²) in [5.74, 6) is 0. The number of hydrogen-bond donors (Lipinski definition) is 0. The number of nitrogens with zero attached hydrogens (tertiary/aromatic N) is 2. The Morgan fingerprint density at radius 2 is 1.61 bits per heavy atom. The van der Waals surface area contributed by atoms with E-state index in [9.17, 15) is 10.1 Å². The molecular formula is C17H17IN2O3. The second-order valence-corrected chi connectivity index (χ2v) is 5.49. The zero-order valence-electron chi connectivity index (χ0n) is 12.7. The number of rotatable bonds is 7. The number of benzene rings is 2. The molecule has 0 saturated carbocycles. The van der Waals surface area contributed by atoms with Gasteiger partial charge in [-0.15, -0.1) is 0 Å². The number of hydrogen-bond acceptors (Lipinski definition) is 4. The first kappa shape index (κ1) is 17.4. The Kier molecular flexibility index (Phi) is 6.54. The van der Waals surface area contributed by atoms with Gasteiger partial charge < -0.3 is 4.90 Å². The van der Waals surface area contributed by atoms with Crippen LogP contribution in [-0.4, -0.2) is 18.2 Å². The van der Waals surface area contributed by atoms with Crippen LogP contribution in [0.1, 0.15) is 18.1 Å². The van der Waals surface area contributed by atoms with Gasteiger partial charge in [0.15, 0.2) is 0 Å². The third kappa shape index (κ3) is 5.04. The molecule has 5 nitrogen and oxygen atoms in total. The van der Waals surface area contributed by atoms with Crippen molar-refractivity contribution in [2.45, 2.75) is 6.92 Å². The maximum absolute atomic E-state index is 10.6. The summed E-state index contributed by atoms with van der Waals surface area (Å²) in [4.78, 5) is 12.3. The molecule has 0 amide bonds. The van der Waals surface area contributed by atoms with E-state index in [0.717, 1.165) is 23.4 Å². The molecule has 6 heteroatoms. The van der Waals surface area contributed by atoms with E-state index in [-0.39, 0.29) is 5.69 Å². The molecule has 0 bridgehead atoms. The minimum Gasteiger partial charge on any atom is -0.348 e. The fourth-order valence-electron chi connectivity index (χ4n) is 2.10. The average molecular weight is 424 g/mol. The minimum absolute atomic E-state index is 0.101. The predicted molar refractivity (Wildman–Crippen MR) is 101 cm³/mol. The summed E-state index contributed by atoms with van der Waals surface area (Å²) in [5, 5.41) is 10.6. The standard InChI is InChI=1S/C17H17IN2O3/c1-2-19(13-23-18)16-9-5-14(6-10-16)3-4-15-7-11-17(12-8-15)20(21)22/h3-12H,2,13H2,1H3/b4-3-. The van der Waals surface area contributed by atoms with Gasteiger partial charge in [0.05, 0.1) is 4.92 Å². The van der Waals surface area contributed by atoms with E-state index in [1.54, 1.807) is 12.1 Å². The van der Waals surface area contributed by atoms with Crippen LogP contribution < -0.4 is 4.90 Å². The number of halogens is 1. The third-order valence-electron chi connectivity index (χ3n) is 3.42. The van der Waals surface area contributed by atoms with Crippen molar-refractivity contribution >= 4 is 46.5 Å². The van der Waals surface area contributed by atoms with Crippen LogP contribution in [0.2, 0.25) is 0 Å². The van der Waals surface area contributed by atoms with Crippen LogP contribution >= 0.6 is 23.0 Å². The molecule has 0 radical (unpaired) electrons. The smallest absolute Gasteiger partial charge is 0.269 e. The van der Waals surface area contributed by atoms with Crippen LogP contribution in [0.4, 0.5) is 11.4 Å². The monoisotopic (exact) mass is 424 g/mol. The van der Waals surface area contributed by atoms with Crippen LogP contribution in [-0.2, 0) is 3.07 Å². The minimum atomic E-state index is -0.398. The lowest BCUT2D eigenvalue weighted by Gasteiger charge is -2.21. The molecule has 120 valence electrons. The third-order valence-corrected chi connectivity index (χ3v) is 3.70. The van der Waals surface area contributed by atoms with E-state index >= 15 is 0 Å². The van der Waals surface area contributed by atoms with E-state index in [0.29, 0.717) is 6.73 Å². The van der Waals surface area contributed by atoms with E-state index < -0.39 is 4.92 Å². The highest BCUT2D eigenvalue weighted by molar-refractivity contribution is 14.1. The Morgan fingerprint density at radius 1 is 1.09 bits per heavy atom. The second kappa shape index (κ2) is 8.64. The van der Waals surface area contributed by atoms with Crippen molar-refractivity contribution in [3.63, 3.8) is 0 Å². The number of non-ortho nitro benzene ring substituents is 1. The van der Waals surface area contributed by atoms with Crippen molar-refractivity contribution < 1.29 is 7.99 Å². The summed E-state index contributed by atoms with van der Waals surface area (Å²) in [6, 6.07) is 14.7. The van der Waals surface area contributed by atoms with Crippen LogP contribution in [0, 0.1) is 10.1 Å². The van der Waals surface area contributed by atoms with E-state index in [1.165, 1.54) is 12.1 Å². The van der Waals surface area contributed by atoms with Gasteiger partial charge in [-0.3, -0.25) is 13.2 Å². The summed E-state index contributed by atoms with van der Waals surface area (Å²) in [6.45, 7) is 3.51. The second-order valence-electron chi connectivity index (χ2n) is 4.87. The maximum atomic E-state index is 10.6. The highest BCUT2D eigenvalue weighted by Gasteiger charge is 2.04. The zero-order chi connectivity index (χ0) is 16.7. The van der Waals surface area contributed by atoms with Gasteiger partial charge in [0.2, 0.25) is 0 Å². The Hall–Kier alpha value is -1.93. The van der Waals surface area contributed by atoms with Crippen LogP contribution in [0.15, 0.2) is 48.5 Å². The maximum Gasteiger partial charge on any atom is 0.269 e. The largest absolute Gasteiger partial charge is 0.348 e. The Bertz CT molecular complexity index is 669. The predicted octanol–water partition coefficient (Wildman–Crippen LogP) is 4.92. The molecule has 2 rings (SSSR count). The van der Waals surface area contributed by atoms with Crippen LogP contribution in [0.25, 0.3) is 12.2 Å². The topological polar surface area (TPSA) is 55.6 Å². The van der Waals surface area contributed by atoms with E-state index in [4.69, 9.17) is 3.07 Å². The molecule has 0 aliphatic rings. The van der Waals surface area contributed by atoms with Crippen molar-refractivity contribution in [3.8, 4) is 0 Å². The molecule has 0 fully saturated rings. The van der Waals surface area contributed by atoms with Crippen molar-refractivity contribution in [2.24, 2.45) is 0 Å².